The van der Waals surface area contributed by atoms with Crippen molar-refractivity contribution >= 4 is 5.91 Å². The highest BCUT2D eigenvalue weighted by Crippen LogP contribution is 2.09. The summed E-state index contributed by atoms with van der Waals surface area (Å²) < 4.78 is 0. The van der Waals surface area contributed by atoms with Crippen LogP contribution in [-0.2, 0) is 6.54 Å². The molecule has 1 heterocycles. The second-order valence-electron chi connectivity index (χ2n) is 3.34. The number of carbonyl (C=O) groups excluding carboxylic acids is 1. The number of hydrogen-bond acceptors (Lipinski definition) is 3. The molecule has 1 amide bonds. The minimum Gasteiger partial charge on any atom is -0.508 e. The third-order valence-corrected chi connectivity index (χ3v) is 2.14. The van der Waals surface area contributed by atoms with E-state index < -0.39 is 0 Å². The van der Waals surface area contributed by atoms with E-state index in [-0.39, 0.29) is 11.7 Å². The molecule has 82 valence electrons. The number of phenolic OH excluding ortho intramolecular Hbond substituents is 1. The molecule has 0 fully saturated rings. The second kappa shape index (κ2) is 4.48. The molecule has 2 aromatic rings. The lowest BCUT2D eigenvalue weighted by molar-refractivity contribution is 0.0951. The summed E-state index contributed by atoms with van der Waals surface area (Å²) >= 11 is 0. The van der Waals surface area contributed by atoms with E-state index in [1.54, 1.807) is 24.5 Å². The summed E-state index contributed by atoms with van der Waals surface area (Å²) in [6.45, 7) is 0.427. The Bertz CT molecular complexity index is 462. The van der Waals surface area contributed by atoms with Crippen LogP contribution < -0.4 is 5.32 Å². The lowest BCUT2D eigenvalue weighted by Gasteiger charge is -2.03. The lowest BCUT2D eigenvalue weighted by atomic mass is 10.2. The van der Waals surface area contributed by atoms with E-state index in [1.807, 2.05) is 0 Å². The van der Waals surface area contributed by atoms with E-state index in [9.17, 15) is 4.79 Å². The molecule has 5 nitrogen and oxygen atoms in total. The predicted octanol–water partition coefficient (Wildman–Crippen LogP) is 1.05. The van der Waals surface area contributed by atoms with E-state index in [2.05, 4.69) is 15.5 Å². The summed E-state index contributed by atoms with van der Waals surface area (Å²) in [6.07, 6.45) is 3.37. The van der Waals surface area contributed by atoms with Gasteiger partial charge in [0, 0.05) is 23.9 Å². The summed E-state index contributed by atoms with van der Waals surface area (Å²) in [5, 5.41) is 18.3. The number of phenols is 1. The van der Waals surface area contributed by atoms with Crippen LogP contribution >= 0.6 is 0 Å². The van der Waals surface area contributed by atoms with Crippen LogP contribution in [0.4, 0.5) is 0 Å². The summed E-state index contributed by atoms with van der Waals surface area (Å²) in [6, 6.07) is 6.10. The summed E-state index contributed by atoms with van der Waals surface area (Å²) in [4.78, 5) is 11.6. The van der Waals surface area contributed by atoms with Gasteiger partial charge in [0.05, 0.1) is 6.20 Å². The van der Waals surface area contributed by atoms with Crippen molar-refractivity contribution in [2.45, 2.75) is 6.54 Å². The number of aromatic nitrogens is 2. The first-order valence-electron chi connectivity index (χ1n) is 4.80. The van der Waals surface area contributed by atoms with Crippen molar-refractivity contribution in [3.8, 4) is 5.75 Å². The normalized spacial score (nSPS) is 10.0. The monoisotopic (exact) mass is 217 g/mol. The highest BCUT2D eigenvalue weighted by molar-refractivity contribution is 5.94. The first kappa shape index (κ1) is 10.2. The molecule has 0 saturated heterocycles. The molecule has 0 radical (unpaired) electrons. The molecule has 0 atom stereocenters. The Morgan fingerprint density at radius 3 is 2.75 bits per heavy atom. The van der Waals surface area contributed by atoms with Gasteiger partial charge in [0.1, 0.15) is 5.75 Å². The Morgan fingerprint density at radius 2 is 2.12 bits per heavy atom. The molecule has 1 aromatic carbocycles. The molecule has 0 aliphatic carbocycles. The van der Waals surface area contributed by atoms with Crippen LogP contribution in [0.25, 0.3) is 0 Å². The number of H-pyrrole nitrogens is 1. The van der Waals surface area contributed by atoms with Crippen molar-refractivity contribution in [1.82, 2.24) is 15.5 Å². The van der Waals surface area contributed by atoms with Gasteiger partial charge >= 0.3 is 0 Å². The molecule has 5 heteroatoms. The van der Waals surface area contributed by atoms with Crippen LogP contribution in [0.1, 0.15) is 15.9 Å². The minimum atomic E-state index is -0.179. The molecule has 0 spiro atoms. The van der Waals surface area contributed by atoms with Gasteiger partial charge in [-0.15, -0.1) is 0 Å². The number of rotatable bonds is 3. The topological polar surface area (TPSA) is 78.0 Å². The fraction of sp³-hybridized carbons (Fsp3) is 0.0909. The Hall–Kier alpha value is -2.30. The average Bonchev–Trinajstić information content (AvgIpc) is 2.80. The molecule has 16 heavy (non-hydrogen) atoms. The average molecular weight is 217 g/mol. The zero-order valence-corrected chi connectivity index (χ0v) is 8.47. The lowest BCUT2D eigenvalue weighted by Crippen LogP contribution is -2.22. The smallest absolute Gasteiger partial charge is 0.251 e. The van der Waals surface area contributed by atoms with Gasteiger partial charge in [-0.25, -0.2) is 0 Å². The van der Waals surface area contributed by atoms with Gasteiger partial charge in [-0.05, 0) is 24.3 Å². The van der Waals surface area contributed by atoms with E-state index in [0.29, 0.717) is 12.1 Å². The Kier molecular flexibility index (Phi) is 2.86. The maximum Gasteiger partial charge on any atom is 0.251 e. The molecule has 0 aliphatic heterocycles. The van der Waals surface area contributed by atoms with E-state index >= 15 is 0 Å². The van der Waals surface area contributed by atoms with Crippen molar-refractivity contribution in [2.24, 2.45) is 0 Å². The van der Waals surface area contributed by atoms with Gasteiger partial charge < -0.3 is 10.4 Å². The van der Waals surface area contributed by atoms with Crippen LogP contribution in [0.3, 0.4) is 0 Å². The third-order valence-electron chi connectivity index (χ3n) is 2.14. The van der Waals surface area contributed by atoms with Crippen molar-refractivity contribution in [3.05, 3.63) is 47.8 Å². The number of nitrogens with one attached hydrogen (secondary N) is 2. The maximum absolute atomic E-state index is 11.6. The molecule has 2 rings (SSSR count). The van der Waals surface area contributed by atoms with E-state index in [1.165, 1.54) is 12.1 Å². The van der Waals surface area contributed by atoms with Crippen LogP contribution in [0, 0.1) is 0 Å². The van der Waals surface area contributed by atoms with Gasteiger partial charge in [0.15, 0.2) is 0 Å². The van der Waals surface area contributed by atoms with Crippen LogP contribution in [0.5, 0.6) is 5.75 Å². The molecule has 1 aromatic heterocycles. The van der Waals surface area contributed by atoms with Crippen LogP contribution in [0.2, 0.25) is 0 Å². The largest absolute Gasteiger partial charge is 0.508 e. The van der Waals surface area contributed by atoms with Crippen molar-refractivity contribution in [2.75, 3.05) is 0 Å². The Labute approximate surface area is 92.1 Å². The summed E-state index contributed by atoms with van der Waals surface area (Å²) in [7, 11) is 0. The summed E-state index contributed by atoms with van der Waals surface area (Å²) in [5.74, 6) is -0.0346. The number of aromatic amines is 1. The Morgan fingerprint density at radius 1 is 1.38 bits per heavy atom. The van der Waals surface area contributed by atoms with Crippen molar-refractivity contribution in [3.63, 3.8) is 0 Å². The van der Waals surface area contributed by atoms with Gasteiger partial charge in [-0.2, -0.15) is 5.10 Å². The molecule has 3 N–H and O–H groups in total. The van der Waals surface area contributed by atoms with Crippen LogP contribution in [-0.4, -0.2) is 21.2 Å². The zero-order chi connectivity index (χ0) is 11.4. The van der Waals surface area contributed by atoms with Crippen molar-refractivity contribution in [1.29, 1.82) is 0 Å². The number of hydrogen-bond donors (Lipinski definition) is 3. The molecule has 0 bridgehead atoms. The second-order valence-corrected chi connectivity index (χ2v) is 3.34. The van der Waals surface area contributed by atoms with Gasteiger partial charge in [0.2, 0.25) is 0 Å². The minimum absolute atomic E-state index is 0.145. The van der Waals surface area contributed by atoms with E-state index in [4.69, 9.17) is 5.11 Å². The Balaban J connectivity index is 1.95. The van der Waals surface area contributed by atoms with Gasteiger partial charge in [-0.3, -0.25) is 9.89 Å². The summed E-state index contributed by atoms with van der Waals surface area (Å²) in [5.41, 5.74) is 1.42. The number of nitrogens with zero attached hydrogens (tertiary/aromatic N) is 1. The quantitative estimate of drug-likeness (QED) is 0.719. The fourth-order valence-electron chi connectivity index (χ4n) is 1.27. The first-order valence-corrected chi connectivity index (χ1v) is 4.80. The van der Waals surface area contributed by atoms with Gasteiger partial charge in [0.25, 0.3) is 5.91 Å². The van der Waals surface area contributed by atoms with Crippen molar-refractivity contribution < 1.29 is 9.90 Å². The van der Waals surface area contributed by atoms with Gasteiger partial charge in [-0.1, -0.05) is 0 Å². The first-order chi connectivity index (χ1) is 7.75. The maximum atomic E-state index is 11.6. The molecule has 0 unspecified atom stereocenters. The molecule has 0 saturated carbocycles. The molecule has 0 aliphatic rings. The standard InChI is InChI=1S/C11H11N3O2/c15-10-3-1-9(2-4-10)11(16)12-5-8-6-13-14-7-8/h1-4,6-7,15H,5H2,(H,12,16)(H,13,14). The molecular weight excluding hydrogens is 206 g/mol. The highest BCUT2D eigenvalue weighted by atomic mass is 16.3. The third kappa shape index (κ3) is 2.38. The number of benzene rings is 1. The van der Waals surface area contributed by atoms with E-state index in [0.717, 1.165) is 5.56 Å². The molecular formula is C11H11N3O2. The van der Waals surface area contributed by atoms with Crippen LogP contribution in [0.15, 0.2) is 36.7 Å². The predicted molar refractivity (Wildman–Crippen MR) is 57.9 cm³/mol. The number of aromatic hydroxyl groups is 1. The zero-order valence-electron chi connectivity index (χ0n) is 8.47. The highest BCUT2D eigenvalue weighted by Gasteiger charge is 2.04. The number of amides is 1. The SMILES string of the molecule is O=C(NCc1cn[nH]c1)c1ccc(O)cc1. The fourth-order valence-corrected chi connectivity index (χ4v) is 1.27. The number of carbonyl (C=O) groups is 1.